The molecule has 0 unspecified atom stereocenters. The van der Waals surface area contributed by atoms with Crippen molar-refractivity contribution in [1.82, 2.24) is 10.3 Å². The van der Waals surface area contributed by atoms with Crippen LogP contribution >= 0.6 is 0 Å². The molecule has 1 aliphatic heterocycles. The second-order valence-electron chi connectivity index (χ2n) is 4.46. The minimum atomic E-state index is -0.0634. The highest BCUT2D eigenvalue weighted by Gasteiger charge is 2.14. The van der Waals surface area contributed by atoms with Crippen molar-refractivity contribution in [3.63, 3.8) is 0 Å². The molecule has 0 radical (unpaired) electrons. The molecule has 4 heteroatoms. The molecule has 0 saturated heterocycles. The molecule has 19 heavy (non-hydrogen) atoms. The quantitative estimate of drug-likeness (QED) is 0.910. The van der Waals surface area contributed by atoms with Crippen LogP contribution in [0.5, 0.6) is 5.75 Å². The smallest absolute Gasteiger partial charge is 0.251 e. The van der Waals surface area contributed by atoms with E-state index >= 15 is 0 Å². The van der Waals surface area contributed by atoms with Gasteiger partial charge in [0.25, 0.3) is 5.91 Å². The molecule has 2 heterocycles. The maximum Gasteiger partial charge on any atom is 0.251 e. The Bertz CT molecular complexity index is 596. The van der Waals surface area contributed by atoms with Gasteiger partial charge in [0.15, 0.2) is 0 Å². The van der Waals surface area contributed by atoms with Crippen molar-refractivity contribution < 1.29 is 9.53 Å². The summed E-state index contributed by atoms with van der Waals surface area (Å²) in [6.45, 7) is 1.21. The molecule has 1 aromatic heterocycles. The van der Waals surface area contributed by atoms with E-state index in [-0.39, 0.29) is 5.91 Å². The summed E-state index contributed by atoms with van der Waals surface area (Å²) in [6.07, 6.45) is 4.31. The van der Waals surface area contributed by atoms with Crippen LogP contribution in [0.2, 0.25) is 0 Å². The molecule has 2 aromatic rings. The zero-order chi connectivity index (χ0) is 13.1. The number of hydrogen-bond donors (Lipinski definition) is 1. The monoisotopic (exact) mass is 254 g/mol. The number of pyridine rings is 1. The van der Waals surface area contributed by atoms with Crippen molar-refractivity contribution in [2.45, 2.75) is 13.0 Å². The molecule has 1 N–H and O–H groups in total. The molecule has 0 atom stereocenters. The lowest BCUT2D eigenvalue weighted by atomic mass is 10.1. The van der Waals surface area contributed by atoms with Gasteiger partial charge < -0.3 is 10.1 Å². The van der Waals surface area contributed by atoms with Gasteiger partial charge in [-0.3, -0.25) is 9.78 Å². The van der Waals surface area contributed by atoms with Gasteiger partial charge in [-0.1, -0.05) is 0 Å². The first-order valence-corrected chi connectivity index (χ1v) is 6.26. The highest BCUT2D eigenvalue weighted by Crippen LogP contribution is 2.25. The van der Waals surface area contributed by atoms with E-state index in [1.54, 1.807) is 18.5 Å². The van der Waals surface area contributed by atoms with Gasteiger partial charge in [-0.25, -0.2) is 0 Å². The summed E-state index contributed by atoms with van der Waals surface area (Å²) in [7, 11) is 0. The van der Waals surface area contributed by atoms with E-state index in [1.165, 1.54) is 0 Å². The molecule has 0 bridgehead atoms. The second-order valence-corrected chi connectivity index (χ2v) is 4.46. The number of carbonyl (C=O) groups excluding carboxylic acids is 1. The summed E-state index contributed by atoms with van der Waals surface area (Å²) >= 11 is 0. The van der Waals surface area contributed by atoms with Gasteiger partial charge in [0.05, 0.1) is 6.61 Å². The van der Waals surface area contributed by atoms with E-state index < -0.39 is 0 Å². The fourth-order valence-corrected chi connectivity index (χ4v) is 2.11. The first-order chi connectivity index (χ1) is 9.33. The Morgan fingerprint density at radius 2 is 2.11 bits per heavy atom. The fourth-order valence-electron chi connectivity index (χ4n) is 2.11. The zero-order valence-electron chi connectivity index (χ0n) is 10.4. The molecular weight excluding hydrogens is 240 g/mol. The van der Waals surface area contributed by atoms with Gasteiger partial charge in [0.1, 0.15) is 5.75 Å². The molecule has 0 spiro atoms. The normalized spacial score (nSPS) is 12.6. The van der Waals surface area contributed by atoms with E-state index in [4.69, 9.17) is 4.74 Å². The number of aromatic nitrogens is 1. The Hall–Kier alpha value is -2.36. The molecular formula is C15H14N2O2. The van der Waals surface area contributed by atoms with E-state index in [0.717, 1.165) is 23.3 Å². The average molecular weight is 254 g/mol. The highest BCUT2D eigenvalue weighted by molar-refractivity contribution is 5.94. The summed E-state index contributed by atoms with van der Waals surface area (Å²) in [5.41, 5.74) is 2.82. The summed E-state index contributed by atoms with van der Waals surface area (Å²) in [6, 6.07) is 9.34. The molecule has 1 aromatic carbocycles. The van der Waals surface area contributed by atoms with E-state index in [9.17, 15) is 4.79 Å². The van der Waals surface area contributed by atoms with Gasteiger partial charge >= 0.3 is 0 Å². The van der Waals surface area contributed by atoms with Crippen molar-refractivity contribution in [2.24, 2.45) is 0 Å². The molecule has 1 amide bonds. The number of carbonyl (C=O) groups is 1. The SMILES string of the molecule is O=C(NCc1ccncc1)c1ccc2c(c1)CCO2. The molecule has 0 aliphatic carbocycles. The van der Waals surface area contributed by atoms with Gasteiger partial charge in [0.2, 0.25) is 0 Å². The molecule has 1 aliphatic rings. The van der Waals surface area contributed by atoms with Crippen molar-refractivity contribution in [1.29, 1.82) is 0 Å². The topological polar surface area (TPSA) is 51.2 Å². The lowest BCUT2D eigenvalue weighted by Gasteiger charge is -2.06. The number of amides is 1. The number of hydrogen-bond acceptors (Lipinski definition) is 3. The number of nitrogens with zero attached hydrogens (tertiary/aromatic N) is 1. The first kappa shape index (κ1) is 11.7. The van der Waals surface area contributed by atoms with E-state index in [0.29, 0.717) is 18.7 Å². The Balaban J connectivity index is 1.67. The van der Waals surface area contributed by atoms with Crippen LogP contribution < -0.4 is 10.1 Å². The van der Waals surface area contributed by atoms with Crippen LogP contribution in [-0.2, 0) is 13.0 Å². The zero-order valence-corrected chi connectivity index (χ0v) is 10.4. The van der Waals surface area contributed by atoms with Crippen molar-refractivity contribution in [3.8, 4) is 5.75 Å². The minimum Gasteiger partial charge on any atom is -0.493 e. The lowest BCUT2D eigenvalue weighted by Crippen LogP contribution is -2.22. The van der Waals surface area contributed by atoms with Crippen LogP contribution in [0.3, 0.4) is 0 Å². The van der Waals surface area contributed by atoms with Crippen molar-refractivity contribution in [2.75, 3.05) is 6.61 Å². The number of fused-ring (bicyclic) bond motifs is 1. The van der Waals surface area contributed by atoms with Crippen molar-refractivity contribution >= 4 is 5.91 Å². The Kier molecular flexibility index (Phi) is 3.14. The van der Waals surface area contributed by atoms with Gasteiger partial charge in [0, 0.05) is 30.9 Å². The number of nitrogens with one attached hydrogen (secondary N) is 1. The summed E-state index contributed by atoms with van der Waals surface area (Å²) < 4.78 is 5.42. The minimum absolute atomic E-state index is 0.0634. The summed E-state index contributed by atoms with van der Waals surface area (Å²) in [4.78, 5) is 16.0. The van der Waals surface area contributed by atoms with E-state index in [2.05, 4.69) is 10.3 Å². The van der Waals surface area contributed by atoms with Gasteiger partial charge in [-0.2, -0.15) is 0 Å². The Labute approximate surface area is 111 Å². The van der Waals surface area contributed by atoms with Crippen LogP contribution in [-0.4, -0.2) is 17.5 Å². The predicted molar refractivity (Wildman–Crippen MR) is 71.0 cm³/mol. The third kappa shape index (κ3) is 2.57. The maximum atomic E-state index is 12.1. The average Bonchev–Trinajstić information content (AvgIpc) is 2.93. The van der Waals surface area contributed by atoms with Gasteiger partial charge in [-0.15, -0.1) is 0 Å². The number of benzene rings is 1. The Morgan fingerprint density at radius 3 is 2.95 bits per heavy atom. The molecule has 3 rings (SSSR count). The highest BCUT2D eigenvalue weighted by atomic mass is 16.5. The van der Waals surface area contributed by atoms with Crippen LogP contribution in [0, 0.1) is 0 Å². The number of ether oxygens (including phenoxy) is 1. The molecule has 0 fully saturated rings. The Morgan fingerprint density at radius 1 is 1.26 bits per heavy atom. The van der Waals surface area contributed by atoms with Crippen LogP contribution in [0.25, 0.3) is 0 Å². The standard InChI is InChI=1S/C15H14N2O2/c18-15(17-10-11-3-6-16-7-4-11)13-1-2-14-12(9-13)5-8-19-14/h1-4,6-7,9H,5,8,10H2,(H,17,18). The summed E-state index contributed by atoms with van der Waals surface area (Å²) in [5, 5.41) is 2.90. The van der Waals surface area contributed by atoms with Crippen LogP contribution in [0.15, 0.2) is 42.7 Å². The molecule has 96 valence electrons. The van der Waals surface area contributed by atoms with Crippen LogP contribution in [0.4, 0.5) is 0 Å². The summed E-state index contributed by atoms with van der Waals surface area (Å²) in [5.74, 6) is 0.831. The second kappa shape index (κ2) is 5.10. The molecule has 0 saturated carbocycles. The number of rotatable bonds is 3. The maximum absolute atomic E-state index is 12.1. The van der Waals surface area contributed by atoms with Crippen LogP contribution in [0.1, 0.15) is 21.5 Å². The van der Waals surface area contributed by atoms with Gasteiger partial charge in [-0.05, 0) is 41.5 Å². The third-order valence-corrected chi connectivity index (χ3v) is 3.15. The first-order valence-electron chi connectivity index (χ1n) is 6.26. The lowest BCUT2D eigenvalue weighted by molar-refractivity contribution is 0.0951. The molecule has 4 nitrogen and oxygen atoms in total. The fraction of sp³-hybridized carbons (Fsp3) is 0.200. The van der Waals surface area contributed by atoms with Crippen molar-refractivity contribution in [3.05, 3.63) is 59.4 Å². The predicted octanol–water partition coefficient (Wildman–Crippen LogP) is 1.95. The third-order valence-electron chi connectivity index (χ3n) is 3.15. The largest absolute Gasteiger partial charge is 0.493 e. The van der Waals surface area contributed by atoms with E-state index in [1.807, 2.05) is 24.3 Å².